The van der Waals surface area contributed by atoms with Crippen LogP contribution in [0.1, 0.15) is 165 Å². The molecule has 44 heavy (non-hydrogen) atoms. The molecule has 2 saturated carbocycles. The first kappa shape index (κ1) is 35.6. The van der Waals surface area contributed by atoms with Crippen molar-refractivity contribution in [1.82, 2.24) is 10.1 Å². The number of piperidine rings is 2. The number of carbonyl (C=O) groups is 2. The van der Waals surface area contributed by atoms with E-state index in [-0.39, 0.29) is 52.6 Å². The maximum Gasteiger partial charge on any atom is 0.310 e. The Kier molecular flexibility index (Phi) is 10.9. The molecule has 0 atom stereocenters. The predicted molar refractivity (Wildman–Crippen MR) is 173 cm³/mol. The molecule has 4 aliphatic rings. The van der Waals surface area contributed by atoms with Crippen LogP contribution in [0.25, 0.3) is 0 Å². The second-order valence-corrected chi connectivity index (χ2v) is 17.4. The lowest BCUT2D eigenvalue weighted by atomic mass is 9.52. The number of rotatable bonds is 11. The first-order chi connectivity index (χ1) is 20.4. The van der Waals surface area contributed by atoms with E-state index in [1.165, 1.54) is 38.5 Å². The lowest BCUT2D eigenvalue weighted by Gasteiger charge is -2.62. The molecule has 0 aromatic carbocycles. The number of hydroxylamine groups is 4. The summed E-state index contributed by atoms with van der Waals surface area (Å²) in [4.78, 5) is 39.1. The van der Waals surface area contributed by atoms with Gasteiger partial charge in [-0.05, 0) is 131 Å². The molecule has 4 rings (SSSR count). The Labute approximate surface area is 267 Å². The maximum atomic E-state index is 13.9. The van der Waals surface area contributed by atoms with E-state index in [0.717, 1.165) is 25.7 Å². The van der Waals surface area contributed by atoms with Gasteiger partial charge in [0.25, 0.3) is 0 Å². The minimum Gasteiger partial charge on any atom is -0.481 e. The highest BCUT2D eigenvalue weighted by molar-refractivity contribution is 5.76. The third kappa shape index (κ3) is 7.66. The smallest absolute Gasteiger partial charge is 0.310 e. The summed E-state index contributed by atoms with van der Waals surface area (Å²) in [6.45, 7) is 17.7. The van der Waals surface area contributed by atoms with Gasteiger partial charge in [-0.2, -0.15) is 10.1 Å². The molecule has 8 nitrogen and oxygen atoms in total. The summed E-state index contributed by atoms with van der Waals surface area (Å²) in [6.07, 6.45) is 15.6. The Morgan fingerprint density at radius 3 is 1.27 bits per heavy atom. The maximum absolute atomic E-state index is 13.9. The van der Waals surface area contributed by atoms with E-state index in [2.05, 4.69) is 65.5 Å². The Morgan fingerprint density at radius 1 is 0.636 bits per heavy atom. The second-order valence-electron chi connectivity index (χ2n) is 17.4. The summed E-state index contributed by atoms with van der Waals surface area (Å²) in [5.41, 5.74) is -2.52. The van der Waals surface area contributed by atoms with Crippen molar-refractivity contribution in [2.45, 2.75) is 199 Å². The quantitative estimate of drug-likeness (QED) is 0.238. The van der Waals surface area contributed by atoms with Gasteiger partial charge in [0.15, 0.2) is 0 Å². The molecule has 2 N–H and O–H groups in total. The first-order valence-electron chi connectivity index (χ1n) is 17.8. The topological polar surface area (TPSA) is 99.5 Å². The number of aliphatic carboxylic acids is 2. The highest BCUT2D eigenvalue weighted by atomic mass is 16.7. The Bertz CT molecular complexity index is 899. The standard InChI is InChI=1S/C36H64N2O6/c1-32(2)22-26(23-33(3,4)37(32)43-28-16-11-9-12-17-28)36(31(41)42,21-15-20-30(39)40)27-24-34(5,6)38(35(7,8)25-27)44-29-18-13-10-14-19-29/h26-29H,9-25H2,1-8H3,(H,39,40)(H,41,42). The molecule has 4 fully saturated rings. The molecule has 0 aromatic heterocycles. The molecular formula is C36H64N2O6. The van der Waals surface area contributed by atoms with Crippen LogP contribution >= 0.6 is 0 Å². The van der Waals surface area contributed by atoms with Crippen molar-refractivity contribution >= 4 is 11.9 Å². The summed E-state index contributed by atoms with van der Waals surface area (Å²) < 4.78 is 0. The van der Waals surface area contributed by atoms with Crippen molar-refractivity contribution in [2.75, 3.05) is 0 Å². The number of hydrogen-bond donors (Lipinski definition) is 2. The zero-order valence-corrected chi connectivity index (χ0v) is 29.3. The van der Waals surface area contributed by atoms with Gasteiger partial charge >= 0.3 is 11.9 Å². The molecule has 2 aliphatic carbocycles. The third-order valence-electron chi connectivity index (χ3n) is 11.6. The number of hydrogen-bond acceptors (Lipinski definition) is 6. The predicted octanol–water partition coefficient (Wildman–Crippen LogP) is 8.38. The van der Waals surface area contributed by atoms with Crippen LogP contribution in [0, 0.1) is 17.3 Å². The van der Waals surface area contributed by atoms with E-state index in [1.807, 2.05) is 0 Å². The van der Waals surface area contributed by atoms with Gasteiger partial charge in [-0.15, -0.1) is 0 Å². The summed E-state index contributed by atoms with van der Waals surface area (Å²) in [6, 6.07) is 0. The molecule has 254 valence electrons. The van der Waals surface area contributed by atoms with Gasteiger partial charge in [0.1, 0.15) is 0 Å². The van der Waals surface area contributed by atoms with Gasteiger partial charge in [0.2, 0.25) is 0 Å². The molecule has 2 aliphatic heterocycles. The summed E-state index contributed by atoms with van der Waals surface area (Å²) >= 11 is 0. The number of carboxylic acids is 2. The van der Waals surface area contributed by atoms with Crippen molar-refractivity contribution in [2.24, 2.45) is 17.3 Å². The fourth-order valence-corrected chi connectivity index (χ4v) is 10.2. The number of carboxylic acid groups (broad SMARTS) is 2. The van der Waals surface area contributed by atoms with Crippen LogP contribution in [0.2, 0.25) is 0 Å². The van der Waals surface area contributed by atoms with Crippen LogP contribution < -0.4 is 0 Å². The zero-order chi connectivity index (χ0) is 32.6. The summed E-state index contributed by atoms with van der Waals surface area (Å²) in [5.74, 6) is -1.86. The van der Waals surface area contributed by atoms with Gasteiger partial charge in [-0.1, -0.05) is 38.5 Å². The molecule has 0 radical (unpaired) electrons. The molecule has 8 heteroatoms. The van der Waals surface area contributed by atoms with Crippen LogP contribution in [0.15, 0.2) is 0 Å². The Morgan fingerprint density at radius 2 is 0.977 bits per heavy atom. The van der Waals surface area contributed by atoms with Crippen LogP contribution in [-0.4, -0.2) is 66.6 Å². The lowest BCUT2D eigenvalue weighted by molar-refractivity contribution is -0.329. The molecule has 0 aromatic rings. The lowest BCUT2D eigenvalue weighted by Crippen LogP contribution is -2.67. The van der Waals surface area contributed by atoms with Crippen molar-refractivity contribution in [3.05, 3.63) is 0 Å². The van der Waals surface area contributed by atoms with Crippen LogP contribution in [0.3, 0.4) is 0 Å². The molecule has 0 bridgehead atoms. The Hall–Kier alpha value is -1.22. The van der Waals surface area contributed by atoms with E-state index in [4.69, 9.17) is 9.68 Å². The molecular weight excluding hydrogens is 556 g/mol. The second kappa shape index (κ2) is 13.5. The normalized spacial score (nSPS) is 27.7. The fraction of sp³-hybridized carbons (Fsp3) is 0.944. The molecule has 0 unspecified atom stereocenters. The minimum absolute atomic E-state index is 0.0120. The third-order valence-corrected chi connectivity index (χ3v) is 11.6. The van der Waals surface area contributed by atoms with E-state index in [0.29, 0.717) is 38.5 Å². The van der Waals surface area contributed by atoms with Gasteiger partial charge in [0, 0.05) is 28.6 Å². The average molecular weight is 621 g/mol. The highest BCUT2D eigenvalue weighted by Crippen LogP contribution is 2.59. The summed E-state index contributed by atoms with van der Waals surface area (Å²) in [5, 5.41) is 25.4. The SMILES string of the molecule is CC1(C)CC(C(CCCC(=O)O)(C(=O)O)C2CC(C)(C)N(OC3CCCCC3)C(C)(C)C2)CC(C)(C)N1OC1CCCCC1. The average Bonchev–Trinajstić information content (AvgIpc) is 2.91. The van der Waals surface area contributed by atoms with Crippen LogP contribution in [-0.2, 0) is 19.3 Å². The highest BCUT2D eigenvalue weighted by Gasteiger charge is 2.62. The number of nitrogens with zero attached hydrogens (tertiary/aromatic N) is 2. The van der Waals surface area contributed by atoms with Gasteiger partial charge in [-0.3, -0.25) is 19.3 Å². The van der Waals surface area contributed by atoms with E-state index < -0.39 is 17.4 Å². The largest absolute Gasteiger partial charge is 0.481 e. The van der Waals surface area contributed by atoms with Crippen LogP contribution in [0.5, 0.6) is 0 Å². The van der Waals surface area contributed by atoms with Gasteiger partial charge < -0.3 is 10.2 Å². The molecule has 2 saturated heterocycles. The Balaban J connectivity index is 1.68. The van der Waals surface area contributed by atoms with Crippen LogP contribution in [0.4, 0.5) is 0 Å². The van der Waals surface area contributed by atoms with Gasteiger partial charge in [-0.25, -0.2) is 0 Å². The monoisotopic (exact) mass is 620 g/mol. The molecule has 0 spiro atoms. The van der Waals surface area contributed by atoms with E-state index in [9.17, 15) is 19.8 Å². The van der Waals surface area contributed by atoms with Crippen molar-refractivity contribution in [3.8, 4) is 0 Å². The summed E-state index contributed by atoms with van der Waals surface area (Å²) in [7, 11) is 0. The van der Waals surface area contributed by atoms with Crippen molar-refractivity contribution in [1.29, 1.82) is 0 Å². The van der Waals surface area contributed by atoms with E-state index in [1.54, 1.807) is 0 Å². The fourth-order valence-electron chi connectivity index (χ4n) is 10.2. The molecule has 2 heterocycles. The first-order valence-corrected chi connectivity index (χ1v) is 17.8. The van der Waals surface area contributed by atoms with Gasteiger partial charge in [0.05, 0.1) is 17.6 Å². The zero-order valence-electron chi connectivity index (χ0n) is 29.3. The molecule has 0 amide bonds. The van der Waals surface area contributed by atoms with Crippen molar-refractivity contribution in [3.63, 3.8) is 0 Å². The van der Waals surface area contributed by atoms with E-state index >= 15 is 0 Å². The minimum atomic E-state index is -1.05. The van der Waals surface area contributed by atoms with Crippen molar-refractivity contribution < 1.29 is 29.5 Å².